The Morgan fingerprint density at radius 1 is 1.50 bits per heavy atom. The molecule has 0 aliphatic carbocycles. The standard InChI is InChI=1S/C11H7ClN2O4/c1-6-13-9(11(15)18-6)5-7-2-3-10(14(16)17)8(12)4-7/h2-5H,1H3/b9-5+. The van der Waals surface area contributed by atoms with Crippen LogP contribution in [0, 0.1) is 10.1 Å². The molecule has 6 nitrogen and oxygen atoms in total. The van der Waals surface area contributed by atoms with Crippen molar-refractivity contribution in [3.05, 3.63) is 44.6 Å². The first-order valence-electron chi connectivity index (χ1n) is 4.90. The predicted octanol–water partition coefficient (Wildman–Crippen LogP) is 2.56. The molecule has 0 saturated carbocycles. The molecular formula is C11H7ClN2O4. The third-order valence-corrected chi connectivity index (χ3v) is 2.50. The van der Waals surface area contributed by atoms with Gasteiger partial charge >= 0.3 is 5.97 Å². The number of nitro groups is 1. The maximum absolute atomic E-state index is 11.3. The molecule has 0 bridgehead atoms. The van der Waals surface area contributed by atoms with Crippen LogP contribution in [0.3, 0.4) is 0 Å². The van der Waals surface area contributed by atoms with Crippen LogP contribution >= 0.6 is 11.6 Å². The Hall–Kier alpha value is -2.21. The summed E-state index contributed by atoms with van der Waals surface area (Å²) in [6.07, 6.45) is 1.45. The summed E-state index contributed by atoms with van der Waals surface area (Å²) >= 11 is 5.75. The van der Waals surface area contributed by atoms with Crippen molar-refractivity contribution in [3.8, 4) is 0 Å². The number of ether oxygens (including phenoxy) is 1. The molecule has 1 aromatic rings. The second-order valence-electron chi connectivity index (χ2n) is 3.52. The van der Waals surface area contributed by atoms with Crippen molar-refractivity contribution in [3.63, 3.8) is 0 Å². The van der Waals surface area contributed by atoms with Crippen LogP contribution in [-0.2, 0) is 9.53 Å². The average Bonchev–Trinajstić information content (AvgIpc) is 2.57. The van der Waals surface area contributed by atoms with E-state index >= 15 is 0 Å². The number of carbonyl (C=O) groups is 1. The highest BCUT2D eigenvalue weighted by atomic mass is 35.5. The average molecular weight is 267 g/mol. The molecule has 1 aliphatic heterocycles. The molecule has 0 fully saturated rings. The third-order valence-electron chi connectivity index (χ3n) is 2.20. The molecule has 0 N–H and O–H groups in total. The Labute approximate surface area is 107 Å². The molecule has 1 heterocycles. The summed E-state index contributed by atoms with van der Waals surface area (Å²) in [6.45, 7) is 1.56. The molecule has 1 aliphatic rings. The zero-order valence-corrected chi connectivity index (χ0v) is 9.97. The molecular weight excluding hydrogens is 260 g/mol. The van der Waals surface area contributed by atoms with Gasteiger partial charge in [0.25, 0.3) is 5.69 Å². The lowest BCUT2D eigenvalue weighted by Gasteiger charge is -1.97. The summed E-state index contributed by atoms with van der Waals surface area (Å²) in [7, 11) is 0. The molecule has 92 valence electrons. The SMILES string of the molecule is CC1=N/C(=C/c2ccc([N+](=O)[O-])c(Cl)c2)C(=O)O1. The first-order chi connectivity index (χ1) is 8.47. The van der Waals surface area contributed by atoms with Gasteiger partial charge in [0.1, 0.15) is 5.02 Å². The Morgan fingerprint density at radius 3 is 2.72 bits per heavy atom. The van der Waals surface area contributed by atoms with Gasteiger partial charge in [0.05, 0.1) is 4.92 Å². The lowest BCUT2D eigenvalue weighted by Crippen LogP contribution is -1.99. The van der Waals surface area contributed by atoms with Crippen molar-refractivity contribution in [2.45, 2.75) is 6.92 Å². The number of rotatable bonds is 2. The van der Waals surface area contributed by atoms with Crippen molar-refractivity contribution in [2.75, 3.05) is 0 Å². The van der Waals surface area contributed by atoms with E-state index in [1.165, 1.54) is 24.3 Å². The van der Waals surface area contributed by atoms with Gasteiger partial charge in [0.15, 0.2) is 11.6 Å². The number of esters is 1. The fraction of sp³-hybridized carbons (Fsp3) is 0.0909. The summed E-state index contributed by atoms with van der Waals surface area (Å²) in [4.78, 5) is 25.2. The van der Waals surface area contributed by atoms with Gasteiger partial charge in [0.2, 0.25) is 0 Å². The molecule has 0 aromatic heterocycles. The molecule has 18 heavy (non-hydrogen) atoms. The van der Waals surface area contributed by atoms with Gasteiger partial charge in [0, 0.05) is 13.0 Å². The minimum atomic E-state index is -0.578. The maximum atomic E-state index is 11.3. The summed E-state index contributed by atoms with van der Waals surface area (Å²) in [5.74, 6) is -0.291. The van der Waals surface area contributed by atoms with Crippen LogP contribution in [0.4, 0.5) is 5.69 Å². The number of hydrogen-bond donors (Lipinski definition) is 0. The van der Waals surface area contributed by atoms with Crippen molar-refractivity contribution in [2.24, 2.45) is 4.99 Å². The number of aliphatic imine (C=N–C) groups is 1. The van der Waals surface area contributed by atoms with Gasteiger partial charge in [-0.15, -0.1) is 0 Å². The molecule has 0 saturated heterocycles. The minimum absolute atomic E-state index is 0.00131. The monoisotopic (exact) mass is 266 g/mol. The topological polar surface area (TPSA) is 81.8 Å². The van der Waals surface area contributed by atoms with Crippen LogP contribution < -0.4 is 0 Å². The zero-order valence-electron chi connectivity index (χ0n) is 9.21. The highest BCUT2D eigenvalue weighted by Crippen LogP contribution is 2.26. The number of nitro benzene ring substituents is 1. The molecule has 7 heteroatoms. The van der Waals surface area contributed by atoms with Crippen molar-refractivity contribution < 1.29 is 14.5 Å². The van der Waals surface area contributed by atoms with Crippen LogP contribution in [0.2, 0.25) is 5.02 Å². The van der Waals surface area contributed by atoms with Gasteiger partial charge < -0.3 is 4.74 Å². The van der Waals surface area contributed by atoms with E-state index in [2.05, 4.69) is 4.99 Å². The molecule has 0 unspecified atom stereocenters. The van der Waals surface area contributed by atoms with E-state index in [1.54, 1.807) is 6.92 Å². The van der Waals surface area contributed by atoms with Gasteiger partial charge in [-0.05, 0) is 23.8 Å². The van der Waals surface area contributed by atoms with Crippen molar-refractivity contribution in [1.82, 2.24) is 0 Å². The molecule has 0 amide bonds. The van der Waals surface area contributed by atoms with Gasteiger partial charge in [-0.3, -0.25) is 10.1 Å². The van der Waals surface area contributed by atoms with Gasteiger partial charge in [-0.25, -0.2) is 9.79 Å². The third kappa shape index (κ3) is 2.38. The Morgan fingerprint density at radius 2 is 2.22 bits per heavy atom. The fourth-order valence-electron chi connectivity index (χ4n) is 1.43. The van der Waals surface area contributed by atoms with Crippen LogP contribution in [-0.4, -0.2) is 16.8 Å². The number of benzene rings is 1. The quantitative estimate of drug-likeness (QED) is 0.356. The summed E-state index contributed by atoms with van der Waals surface area (Å²) in [6, 6.07) is 4.14. The van der Waals surface area contributed by atoms with Crippen LogP contribution in [0.5, 0.6) is 0 Å². The minimum Gasteiger partial charge on any atom is -0.407 e. The van der Waals surface area contributed by atoms with E-state index in [-0.39, 0.29) is 22.3 Å². The second kappa shape index (κ2) is 4.58. The molecule has 0 spiro atoms. The van der Waals surface area contributed by atoms with Crippen molar-refractivity contribution in [1.29, 1.82) is 0 Å². The molecule has 1 aromatic carbocycles. The number of nitrogens with zero attached hydrogens (tertiary/aromatic N) is 2. The number of halogens is 1. The van der Waals surface area contributed by atoms with E-state index in [0.717, 1.165) is 0 Å². The first kappa shape index (κ1) is 12.3. The number of hydrogen-bond acceptors (Lipinski definition) is 5. The predicted molar refractivity (Wildman–Crippen MR) is 65.3 cm³/mol. The second-order valence-corrected chi connectivity index (χ2v) is 3.93. The molecule has 2 rings (SSSR count). The maximum Gasteiger partial charge on any atom is 0.363 e. The van der Waals surface area contributed by atoms with E-state index < -0.39 is 10.9 Å². The largest absolute Gasteiger partial charge is 0.407 e. The summed E-state index contributed by atoms with van der Waals surface area (Å²) < 4.78 is 4.74. The summed E-state index contributed by atoms with van der Waals surface area (Å²) in [5, 5.41) is 10.6. The van der Waals surface area contributed by atoms with Crippen LogP contribution in [0.15, 0.2) is 28.9 Å². The number of carbonyl (C=O) groups excluding carboxylic acids is 1. The molecule has 0 atom stereocenters. The van der Waals surface area contributed by atoms with E-state index in [0.29, 0.717) is 5.56 Å². The van der Waals surface area contributed by atoms with E-state index in [1.807, 2.05) is 0 Å². The summed E-state index contributed by atoms with van der Waals surface area (Å²) in [5.41, 5.74) is 0.487. The van der Waals surface area contributed by atoms with E-state index in [9.17, 15) is 14.9 Å². The highest BCUT2D eigenvalue weighted by molar-refractivity contribution is 6.32. The Balaban J connectivity index is 2.37. The smallest absolute Gasteiger partial charge is 0.363 e. The lowest BCUT2D eigenvalue weighted by atomic mass is 10.2. The van der Waals surface area contributed by atoms with E-state index in [4.69, 9.17) is 16.3 Å². The van der Waals surface area contributed by atoms with Gasteiger partial charge in [-0.2, -0.15) is 0 Å². The van der Waals surface area contributed by atoms with Crippen LogP contribution in [0.25, 0.3) is 6.08 Å². The fourth-order valence-corrected chi connectivity index (χ4v) is 1.69. The number of cyclic esters (lactones) is 1. The Kier molecular flexibility index (Phi) is 3.12. The first-order valence-corrected chi connectivity index (χ1v) is 5.28. The van der Waals surface area contributed by atoms with Crippen LogP contribution in [0.1, 0.15) is 12.5 Å². The normalized spacial score (nSPS) is 16.7. The Bertz CT molecular complexity index is 607. The van der Waals surface area contributed by atoms with Gasteiger partial charge in [-0.1, -0.05) is 11.6 Å². The molecule has 0 radical (unpaired) electrons. The van der Waals surface area contributed by atoms with Crippen molar-refractivity contribution >= 4 is 35.2 Å². The lowest BCUT2D eigenvalue weighted by molar-refractivity contribution is -0.384. The highest BCUT2D eigenvalue weighted by Gasteiger charge is 2.20. The zero-order chi connectivity index (χ0) is 13.3.